The van der Waals surface area contributed by atoms with Crippen LogP contribution < -0.4 is 0 Å². The second-order valence-corrected chi connectivity index (χ2v) is 5.37. The first-order valence-electron chi connectivity index (χ1n) is 7.32. The van der Waals surface area contributed by atoms with Gasteiger partial charge in [0.05, 0.1) is 19.6 Å². The van der Waals surface area contributed by atoms with Crippen molar-refractivity contribution in [3.63, 3.8) is 0 Å². The largest absolute Gasteiger partial charge is 0.392 e. The topological polar surface area (TPSA) is 60.8 Å². The van der Waals surface area contributed by atoms with Crippen molar-refractivity contribution in [2.45, 2.75) is 45.8 Å². The molecule has 0 saturated carbocycles. The van der Waals surface area contributed by atoms with Gasteiger partial charge in [0.25, 0.3) is 0 Å². The maximum Gasteiger partial charge on any atom is 0.227 e. The Morgan fingerprint density at radius 2 is 1.80 bits per heavy atom. The quantitative estimate of drug-likeness (QED) is 0.855. The average molecular weight is 277 g/mol. The zero-order valence-corrected chi connectivity index (χ0v) is 12.1. The fourth-order valence-electron chi connectivity index (χ4n) is 2.72. The summed E-state index contributed by atoms with van der Waals surface area (Å²) in [5, 5.41) is 18.7. The second-order valence-electron chi connectivity index (χ2n) is 5.37. The molecular weight excluding hydrogens is 254 g/mol. The van der Waals surface area contributed by atoms with Gasteiger partial charge in [-0.25, -0.2) is 0 Å². The first kappa shape index (κ1) is 15.0. The Balaban J connectivity index is 2.24. The summed E-state index contributed by atoms with van der Waals surface area (Å²) in [6.07, 6.45) is 3.34. The van der Waals surface area contributed by atoms with Gasteiger partial charge in [-0.15, -0.1) is 0 Å². The Labute approximate surface area is 120 Å². The summed E-state index contributed by atoms with van der Waals surface area (Å²) >= 11 is 0. The number of unbranched alkanes of at least 4 members (excludes halogenated alkanes) is 1. The zero-order chi connectivity index (χ0) is 14.5. The Hall–Kier alpha value is -1.39. The lowest BCUT2D eigenvalue weighted by Crippen LogP contribution is -2.33. The van der Waals surface area contributed by atoms with Crippen LogP contribution in [0.4, 0.5) is 0 Å². The number of carbonyl (C=O) groups excluding carboxylic acids is 1. The van der Waals surface area contributed by atoms with Crippen LogP contribution >= 0.6 is 0 Å². The summed E-state index contributed by atoms with van der Waals surface area (Å²) in [4.78, 5) is 14.2. The molecule has 2 N–H and O–H groups in total. The number of benzene rings is 1. The minimum Gasteiger partial charge on any atom is -0.392 e. The molecule has 0 atom stereocenters. The zero-order valence-electron chi connectivity index (χ0n) is 12.1. The van der Waals surface area contributed by atoms with E-state index in [1.807, 2.05) is 17.0 Å². The molecular formula is C16H23NO3. The molecule has 4 heteroatoms. The first-order chi connectivity index (χ1) is 9.69. The number of amides is 1. The molecule has 110 valence electrons. The van der Waals surface area contributed by atoms with Crippen LogP contribution in [-0.2, 0) is 30.8 Å². The van der Waals surface area contributed by atoms with Crippen molar-refractivity contribution in [3.05, 3.63) is 34.4 Å². The van der Waals surface area contributed by atoms with E-state index in [1.54, 1.807) is 0 Å². The highest BCUT2D eigenvalue weighted by Gasteiger charge is 2.21. The van der Waals surface area contributed by atoms with Gasteiger partial charge < -0.3 is 15.1 Å². The van der Waals surface area contributed by atoms with E-state index in [1.165, 1.54) is 0 Å². The van der Waals surface area contributed by atoms with Crippen LogP contribution in [0.2, 0.25) is 0 Å². The third-order valence-corrected chi connectivity index (χ3v) is 3.99. The van der Waals surface area contributed by atoms with E-state index in [2.05, 4.69) is 6.92 Å². The lowest BCUT2D eigenvalue weighted by atomic mass is 9.96. The van der Waals surface area contributed by atoms with E-state index < -0.39 is 0 Å². The monoisotopic (exact) mass is 277 g/mol. The van der Waals surface area contributed by atoms with E-state index in [0.29, 0.717) is 6.42 Å². The van der Waals surface area contributed by atoms with Gasteiger partial charge in [0.1, 0.15) is 0 Å². The Bertz CT molecular complexity index is 485. The van der Waals surface area contributed by atoms with Crippen LogP contribution in [0, 0.1) is 0 Å². The average Bonchev–Trinajstić information content (AvgIpc) is 2.61. The maximum absolute atomic E-state index is 12.3. The molecule has 1 aromatic carbocycles. The molecule has 0 saturated heterocycles. The number of aliphatic hydroxyl groups is 2. The lowest BCUT2D eigenvalue weighted by molar-refractivity contribution is -0.130. The maximum atomic E-state index is 12.3. The smallest absolute Gasteiger partial charge is 0.227 e. The molecule has 0 unspecified atom stereocenters. The SMILES string of the molecule is CCCCN1CCc2cc(CO)c(CO)cc2CC1=O. The number of aliphatic hydroxyl groups excluding tert-OH is 2. The van der Waals surface area contributed by atoms with Crippen molar-refractivity contribution in [1.29, 1.82) is 0 Å². The van der Waals surface area contributed by atoms with Crippen LogP contribution in [0.3, 0.4) is 0 Å². The number of carbonyl (C=O) groups is 1. The Morgan fingerprint density at radius 1 is 1.15 bits per heavy atom. The van der Waals surface area contributed by atoms with Crippen LogP contribution in [0.15, 0.2) is 12.1 Å². The van der Waals surface area contributed by atoms with Crippen LogP contribution in [-0.4, -0.2) is 34.1 Å². The third kappa shape index (κ3) is 3.19. The molecule has 20 heavy (non-hydrogen) atoms. The molecule has 2 rings (SSSR count). The fourth-order valence-corrected chi connectivity index (χ4v) is 2.72. The Morgan fingerprint density at radius 3 is 2.40 bits per heavy atom. The normalized spacial score (nSPS) is 15.2. The number of hydrogen-bond acceptors (Lipinski definition) is 3. The van der Waals surface area contributed by atoms with E-state index in [4.69, 9.17) is 0 Å². The lowest BCUT2D eigenvalue weighted by Gasteiger charge is -2.19. The third-order valence-electron chi connectivity index (χ3n) is 3.99. The molecule has 1 heterocycles. The highest BCUT2D eigenvalue weighted by atomic mass is 16.3. The van der Waals surface area contributed by atoms with Gasteiger partial charge in [-0.1, -0.05) is 25.5 Å². The van der Waals surface area contributed by atoms with Crippen molar-refractivity contribution < 1.29 is 15.0 Å². The highest BCUT2D eigenvalue weighted by Crippen LogP contribution is 2.22. The van der Waals surface area contributed by atoms with E-state index >= 15 is 0 Å². The van der Waals surface area contributed by atoms with Crippen molar-refractivity contribution in [3.8, 4) is 0 Å². The predicted molar refractivity (Wildman–Crippen MR) is 77.2 cm³/mol. The first-order valence-corrected chi connectivity index (χ1v) is 7.32. The van der Waals surface area contributed by atoms with Crippen LogP contribution in [0.5, 0.6) is 0 Å². The summed E-state index contributed by atoms with van der Waals surface area (Å²) in [6, 6.07) is 3.82. The molecule has 4 nitrogen and oxygen atoms in total. The molecule has 0 aliphatic carbocycles. The summed E-state index contributed by atoms with van der Waals surface area (Å²) in [6.45, 7) is 3.52. The molecule has 0 radical (unpaired) electrons. The molecule has 1 aliphatic heterocycles. The van der Waals surface area contributed by atoms with Crippen LogP contribution in [0.1, 0.15) is 42.0 Å². The van der Waals surface area contributed by atoms with Crippen molar-refractivity contribution in [2.24, 2.45) is 0 Å². The van der Waals surface area contributed by atoms with Gasteiger partial charge >= 0.3 is 0 Å². The molecule has 1 aliphatic rings. The van der Waals surface area contributed by atoms with Crippen molar-refractivity contribution in [1.82, 2.24) is 4.90 Å². The van der Waals surface area contributed by atoms with Gasteiger partial charge in [-0.3, -0.25) is 4.79 Å². The molecule has 1 aromatic rings. The van der Waals surface area contributed by atoms with Gasteiger partial charge in [0.15, 0.2) is 0 Å². The minimum absolute atomic E-state index is 0.0727. The van der Waals surface area contributed by atoms with E-state index in [-0.39, 0.29) is 19.1 Å². The number of hydrogen-bond donors (Lipinski definition) is 2. The number of fused-ring (bicyclic) bond motifs is 1. The van der Waals surface area contributed by atoms with E-state index in [9.17, 15) is 15.0 Å². The molecule has 0 fully saturated rings. The Kier molecular flexibility index (Phi) is 5.15. The van der Waals surface area contributed by atoms with Gasteiger partial charge in [0.2, 0.25) is 5.91 Å². The molecule has 0 aromatic heterocycles. The number of rotatable bonds is 5. The van der Waals surface area contributed by atoms with Gasteiger partial charge in [0, 0.05) is 13.1 Å². The summed E-state index contributed by atoms with van der Waals surface area (Å²) in [5.74, 6) is 0.165. The van der Waals surface area contributed by atoms with E-state index in [0.717, 1.165) is 54.6 Å². The van der Waals surface area contributed by atoms with Gasteiger partial charge in [-0.2, -0.15) is 0 Å². The van der Waals surface area contributed by atoms with Crippen molar-refractivity contribution in [2.75, 3.05) is 13.1 Å². The fraction of sp³-hybridized carbons (Fsp3) is 0.562. The predicted octanol–water partition coefficient (Wildman–Crippen LogP) is 1.40. The van der Waals surface area contributed by atoms with Crippen LogP contribution in [0.25, 0.3) is 0 Å². The van der Waals surface area contributed by atoms with Crippen molar-refractivity contribution >= 4 is 5.91 Å². The summed E-state index contributed by atoms with van der Waals surface area (Å²) in [5.41, 5.74) is 3.61. The minimum atomic E-state index is -0.100. The van der Waals surface area contributed by atoms with Gasteiger partial charge in [-0.05, 0) is 35.1 Å². The summed E-state index contributed by atoms with van der Waals surface area (Å²) in [7, 11) is 0. The standard InChI is InChI=1S/C16H23NO3/c1-2-3-5-17-6-4-12-7-14(10-18)15(11-19)8-13(12)9-16(17)20/h7-8,18-19H,2-6,9-11H2,1H3. The molecule has 0 spiro atoms. The second kappa shape index (κ2) is 6.86. The highest BCUT2D eigenvalue weighted by molar-refractivity contribution is 5.80. The molecule has 1 amide bonds. The number of nitrogens with zero attached hydrogens (tertiary/aromatic N) is 1. The summed E-state index contributed by atoms with van der Waals surface area (Å²) < 4.78 is 0. The molecule has 0 bridgehead atoms.